The molecule has 13 heavy (non-hydrogen) atoms. The molecule has 1 aliphatic rings. The fourth-order valence-corrected chi connectivity index (χ4v) is 1.93. The number of allylic oxidation sites excluding steroid dienone is 1. The molecule has 1 aromatic carbocycles. The molecule has 0 amide bonds. The molecule has 66 valence electrons. The number of nitrogens with zero attached hydrogens (tertiary/aromatic N) is 1. The van der Waals surface area contributed by atoms with Crippen molar-refractivity contribution in [1.29, 1.82) is 0 Å². The first-order valence-electron chi connectivity index (χ1n) is 4.25. The molecule has 1 aliphatic heterocycles. The molecule has 2 rings (SSSR count). The molecule has 0 N–H and O–H groups in total. The van der Waals surface area contributed by atoms with E-state index in [1.807, 2.05) is 18.5 Å². The zero-order chi connectivity index (χ0) is 9.15. The van der Waals surface area contributed by atoms with E-state index in [0.717, 1.165) is 6.42 Å². The monoisotopic (exact) mass is 235 g/mol. The van der Waals surface area contributed by atoms with Gasteiger partial charge >= 0.3 is 0 Å². The van der Waals surface area contributed by atoms with Crippen molar-refractivity contribution in [3.8, 4) is 0 Å². The fraction of sp³-hybridized carbons (Fsp3) is 0.182. The highest BCUT2D eigenvalue weighted by Crippen LogP contribution is 2.36. The van der Waals surface area contributed by atoms with Crippen molar-refractivity contribution in [3.63, 3.8) is 0 Å². The number of aliphatic imine (C=N–C) groups is 1. The van der Waals surface area contributed by atoms with Crippen molar-refractivity contribution in [2.75, 3.05) is 0 Å². The Labute approximate surface area is 86.3 Å². The third kappa shape index (κ3) is 1.73. The Kier molecular flexibility index (Phi) is 2.32. The van der Waals surface area contributed by atoms with Crippen LogP contribution < -0.4 is 0 Å². The molecule has 1 nitrogen and oxygen atoms in total. The van der Waals surface area contributed by atoms with E-state index >= 15 is 0 Å². The van der Waals surface area contributed by atoms with Crippen LogP contribution in [0.1, 0.15) is 12.0 Å². The lowest BCUT2D eigenvalue weighted by Crippen LogP contribution is -2.16. The molecule has 1 aromatic rings. The Morgan fingerprint density at radius 2 is 2.00 bits per heavy atom. The van der Waals surface area contributed by atoms with Gasteiger partial charge in [-0.3, -0.25) is 4.99 Å². The molecule has 0 radical (unpaired) electrons. The van der Waals surface area contributed by atoms with Crippen LogP contribution in [0.2, 0.25) is 0 Å². The molecule has 1 atom stereocenters. The second-order valence-electron chi connectivity index (χ2n) is 3.08. The maximum Gasteiger partial charge on any atom is 0.0752 e. The number of hydrogen-bond donors (Lipinski definition) is 0. The normalized spacial score (nSPS) is 26.2. The Morgan fingerprint density at radius 3 is 2.62 bits per heavy atom. The van der Waals surface area contributed by atoms with Gasteiger partial charge in [-0.05, 0) is 11.6 Å². The van der Waals surface area contributed by atoms with Gasteiger partial charge in [0.1, 0.15) is 0 Å². The van der Waals surface area contributed by atoms with Crippen LogP contribution >= 0.6 is 15.9 Å². The third-order valence-corrected chi connectivity index (χ3v) is 3.22. The molecule has 0 spiro atoms. The summed E-state index contributed by atoms with van der Waals surface area (Å²) in [6, 6.07) is 10.4. The van der Waals surface area contributed by atoms with E-state index in [9.17, 15) is 0 Å². The average molecular weight is 236 g/mol. The Balaban J connectivity index is 2.35. The van der Waals surface area contributed by atoms with Gasteiger partial charge in [0.15, 0.2) is 0 Å². The van der Waals surface area contributed by atoms with Crippen molar-refractivity contribution in [2.45, 2.75) is 10.7 Å². The summed E-state index contributed by atoms with van der Waals surface area (Å²) in [5, 5.41) is 0. The van der Waals surface area contributed by atoms with E-state index in [1.165, 1.54) is 5.56 Å². The maximum absolute atomic E-state index is 4.06. The van der Waals surface area contributed by atoms with E-state index in [1.54, 1.807) is 0 Å². The number of benzene rings is 1. The highest BCUT2D eigenvalue weighted by atomic mass is 79.9. The first-order valence-corrected chi connectivity index (χ1v) is 5.04. The predicted molar refractivity (Wildman–Crippen MR) is 59.3 cm³/mol. The predicted octanol–water partition coefficient (Wildman–Crippen LogP) is 3.27. The smallest absolute Gasteiger partial charge is 0.0752 e. The minimum atomic E-state index is -0.0456. The maximum atomic E-state index is 4.06. The van der Waals surface area contributed by atoms with Gasteiger partial charge in [-0.15, -0.1) is 0 Å². The van der Waals surface area contributed by atoms with Crippen molar-refractivity contribution in [2.24, 2.45) is 4.99 Å². The van der Waals surface area contributed by atoms with E-state index in [-0.39, 0.29) is 4.32 Å². The van der Waals surface area contributed by atoms with Crippen LogP contribution in [-0.4, -0.2) is 6.21 Å². The molecular formula is C11H10BrN. The summed E-state index contributed by atoms with van der Waals surface area (Å²) in [6.07, 6.45) is 6.77. The van der Waals surface area contributed by atoms with Gasteiger partial charge in [-0.25, -0.2) is 0 Å². The van der Waals surface area contributed by atoms with Crippen LogP contribution in [-0.2, 0) is 4.32 Å². The molecular weight excluding hydrogens is 226 g/mol. The van der Waals surface area contributed by atoms with Gasteiger partial charge in [-0.1, -0.05) is 46.3 Å². The number of halogens is 1. The first kappa shape index (κ1) is 8.70. The van der Waals surface area contributed by atoms with Crippen molar-refractivity contribution in [3.05, 3.63) is 48.2 Å². The number of hydrogen-bond acceptors (Lipinski definition) is 1. The lowest BCUT2D eigenvalue weighted by atomic mass is 9.95. The van der Waals surface area contributed by atoms with E-state index < -0.39 is 0 Å². The van der Waals surface area contributed by atoms with Crippen molar-refractivity contribution >= 4 is 22.1 Å². The molecule has 2 heteroatoms. The summed E-state index contributed by atoms with van der Waals surface area (Å²) < 4.78 is -0.0456. The van der Waals surface area contributed by atoms with E-state index in [0.29, 0.717) is 0 Å². The van der Waals surface area contributed by atoms with Gasteiger partial charge in [0, 0.05) is 18.8 Å². The van der Waals surface area contributed by atoms with Crippen LogP contribution in [0.15, 0.2) is 47.6 Å². The summed E-state index contributed by atoms with van der Waals surface area (Å²) >= 11 is 3.73. The lowest BCUT2D eigenvalue weighted by Gasteiger charge is -2.23. The Morgan fingerprint density at radius 1 is 1.23 bits per heavy atom. The highest BCUT2D eigenvalue weighted by molar-refractivity contribution is 9.09. The van der Waals surface area contributed by atoms with Crippen molar-refractivity contribution in [1.82, 2.24) is 0 Å². The van der Waals surface area contributed by atoms with Gasteiger partial charge in [-0.2, -0.15) is 0 Å². The Hall–Kier alpha value is -0.890. The summed E-state index contributed by atoms with van der Waals surface area (Å²) in [4.78, 5) is 4.06. The van der Waals surface area contributed by atoms with Crippen molar-refractivity contribution < 1.29 is 0 Å². The SMILES string of the molecule is BrC1(c2ccccc2)C=CN=CC1. The molecule has 0 saturated carbocycles. The van der Waals surface area contributed by atoms with Crippen LogP contribution in [0, 0.1) is 0 Å². The minimum absolute atomic E-state index is 0.0456. The Bertz CT molecular complexity index is 342. The second kappa shape index (κ2) is 3.46. The molecule has 0 aromatic heterocycles. The quantitative estimate of drug-likeness (QED) is 0.663. The van der Waals surface area contributed by atoms with Crippen LogP contribution in [0.5, 0.6) is 0 Å². The van der Waals surface area contributed by atoms with Gasteiger partial charge in [0.25, 0.3) is 0 Å². The standard InChI is InChI=1S/C11H10BrN/c12-11(6-8-13-9-7-11)10-4-2-1-3-5-10/h1-6,8-9H,7H2. The van der Waals surface area contributed by atoms with E-state index in [2.05, 4.69) is 51.3 Å². The summed E-state index contributed by atoms with van der Waals surface area (Å²) in [7, 11) is 0. The van der Waals surface area contributed by atoms with Crippen LogP contribution in [0.4, 0.5) is 0 Å². The molecule has 1 heterocycles. The topological polar surface area (TPSA) is 12.4 Å². The second-order valence-corrected chi connectivity index (χ2v) is 4.50. The van der Waals surface area contributed by atoms with E-state index in [4.69, 9.17) is 0 Å². The summed E-state index contributed by atoms with van der Waals surface area (Å²) in [5.41, 5.74) is 1.28. The average Bonchev–Trinajstić information content (AvgIpc) is 2.20. The summed E-state index contributed by atoms with van der Waals surface area (Å²) in [6.45, 7) is 0. The van der Waals surface area contributed by atoms with Gasteiger partial charge in [0.05, 0.1) is 4.32 Å². The fourth-order valence-electron chi connectivity index (χ4n) is 1.40. The number of alkyl halides is 1. The number of rotatable bonds is 1. The first-order chi connectivity index (χ1) is 6.31. The summed E-state index contributed by atoms with van der Waals surface area (Å²) in [5.74, 6) is 0. The molecule has 0 fully saturated rings. The largest absolute Gasteiger partial charge is 0.269 e. The van der Waals surface area contributed by atoms with Crippen LogP contribution in [0.3, 0.4) is 0 Å². The lowest BCUT2D eigenvalue weighted by molar-refractivity contribution is 0.828. The third-order valence-electron chi connectivity index (χ3n) is 2.17. The van der Waals surface area contributed by atoms with Crippen LogP contribution in [0.25, 0.3) is 0 Å². The zero-order valence-corrected chi connectivity index (χ0v) is 8.74. The molecule has 0 aliphatic carbocycles. The minimum Gasteiger partial charge on any atom is -0.269 e. The highest BCUT2D eigenvalue weighted by Gasteiger charge is 2.25. The van der Waals surface area contributed by atoms with Gasteiger partial charge < -0.3 is 0 Å². The van der Waals surface area contributed by atoms with Gasteiger partial charge in [0.2, 0.25) is 0 Å². The molecule has 1 unspecified atom stereocenters. The zero-order valence-electron chi connectivity index (χ0n) is 7.15. The molecule has 0 saturated heterocycles. The molecule has 0 bridgehead atoms.